The molecule has 0 bridgehead atoms. The molecule has 1 aliphatic carbocycles. The first-order chi connectivity index (χ1) is 11.6. The summed E-state index contributed by atoms with van der Waals surface area (Å²) in [5, 5.41) is 3.09. The van der Waals surface area contributed by atoms with Crippen LogP contribution in [-0.4, -0.2) is 42.5 Å². The molecule has 0 radical (unpaired) electrons. The number of ether oxygens (including phenoxy) is 1. The summed E-state index contributed by atoms with van der Waals surface area (Å²) in [4.78, 5) is 25.9. The maximum absolute atomic E-state index is 13.1. The van der Waals surface area contributed by atoms with Crippen molar-refractivity contribution in [1.82, 2.24) is 10.2 Å². The van der Waals surface area contributed by atoms with E-state index >= 15 is 0 Å². The summed E-state index contributed by atoms with van der Waals surface area (Å²) >= 11 is 0. The number of amides is 2. The van der Waals surface area contributed by atoms with Crippen LogP contribution in [0.15, 0.2) is 24.3 Å². The first kappa shape index (κ1) is 16.7. The van der Waals surface area contributed by atoms with Crippen LogP contribution in [0.4, 0.5) is 4.39 Å². The van der Waals surface area contributed by atoms with E-state index < -0.39 is 0 Å². The summed E-state index contributed by atoms with van der Waals surface area (Å²) in [6.07, 6.45) is 4.69. The van der Waals surface area contributed by atoms with Gasteiger partial charge in [-0.2, -0.15) is 0 Å². The molecule has 2 fully saturated rings. The number of likely N-dealkylation sites (tertiary alicyclic amines) is 1. The zero-order valence-electron chi connectivity index (χ0n) is 13.7. The first-order valence-corrected chi connectivity index (χ1v) is 8.58. The number of carbonyl (C=O) groups excluding carboxylic acids is 2. The van der Waals surface area contributed by atoms with Gasteiger partial charge in [0, 0.05) is 31.1 Å². The molecule has 0 unspecified atom stereocenters. The summed E-state index contributed by atoms with van der Waals surface area (Å²) in [5.74, 6) is 0.224. The molecule has 6 heteroatoms. The number of halogens is 1. The molecule has 0 spiro atoms. The molecule has 2 amide bonds. The Morgan fingerprint density at radius 2 is 1.96 bits per heavy atom. The summed E-state index contributed by atoms with van der Waals surface area (Å²) < 4.78 is 18.4. The highest BCUT2D eigenvalue weighted by Crippen LogP contribution is 2.26. The third-order valence-corrected chi connectivity index (χ3v) is 4.83. The molecule has 1 aliphatic heterocycles. The second-order valence-corrected chi connectivity index (χ2v) is 6.54. The molecular weight excluding hydrogens is 311 g/mol. The van der Waals surface area contributed by atoms with E-state index in [9.17, 15) is 14.0 Å². The SMILES string of the molecule is O=C(NC1CCN(C(=O)COc2cccc(F)c2)CC1)C1CCC1. The zero-order chi connectivity index (χ0) is 16.9. The lowest BCUT2D eigenvalue weighted by Gasteiger charge is -2.34. The number of benzene rings is 1. The monoisotopic (exact) mass is 334 g/mol. The quantitative estimate of drug-likeness (QED) is 0.897. The number of piperidine rings is 1. The Labute approximate surface area is 141 Å². The Morgan fingerprint density at radius 1 is 1.21 bits per heavy atom. The van der Waals surface area contributed by atoms with Crippen LogP contribution in [-0.2, 0) is 9.59 Å². The van der Waals surface area contributed by atoms with Crippen LogP contribution in [0.2, 0.25) is 0 Å². The van der Waals surface area contributed by atoms with Gasteiger partial charge in [0.05, 0.1) is 0 Å². The van der Waals surface area contributed by atoms with Crippen molar-refractivity contribution in [2.24, 2.45) is 5.92 Å². The van der Waals surface area contributed by atoms with Crippen LogP contribution >= 0.6 is 0 Å². The minimum atomic E-state index is -0.386. The molecule has 1 heterocycles. The normalized spacial score (nSPS) is 18.8. The van der Waals surface area contributed by atoms with Gasteiger partial charge in [-0.15, -0.1) is 0 Å². The van der Waals surface area contributed by atoms with E-state index in [2.05, 4.69) is 5.32 Å². The van der Waals surface area contributed by atoms with Crippen molar-refractivity contribution in [3.8, 4) is 5.75 Å². The Hall–Kier alpha value is -2.11. The molecule has 2 aliphatic rings. The molecule has 5 nitrogen and oxygen atoms in total. The maximum Gasteiger partial charge on any atom is 0.260 e. The predicted molar refractivity (Wildman–Crippen MR) is 87.0 cm³/mol. The van der Waals surface area contributed by atoms with Crippen molar-refractivity contribution in [2.75, 3.05) is 19.7 Å². The molecule has 3 rings (SSSR count). The highest BCUT2D eigenvalue weighted by atomic mass is 19.1. The summed E-state index contributed by atoms with van der Waals surface area (Å²) in [6, 6.07) is 5.92. The van der Waals surface area contributed by atoms with E-state index in [0.29, 0.717) is 18.8 Å². The van der Waals surface area contributed by atoms with E-state index in [1.165, 1.54) is 12.1 Å². The van der Waals surface area contributed by atoms with Crippen LogP contribution in [0.1, 0.15) is 32.1 Å². The van der Waals surface area contributed by atoms with Crippen molar-refractivity contribution in [2.45, 2.75) is 38.1 Å². The van der Waals surface area contributed by atoms with Crippen molar-refractivity contribution in [3.05, 3.63) is 30.1 Å². The number of hydrogen-bond acceptors (Lipinski definition) is 3. The van der Waals surface area contributed by atoms with Crippen LogP contribution in [0.25, 0.3) is 0 Å². The van der Waals surface area contributed by atoms with E-state index in [4.69, 9.17) is 4.74 Å². The number of nitrogens with one attached hydrogen (secondary N) is 1. The van der Waals surface area contributed by atoms with E-state index in [1.807, 2.05) is 0 Å². The summed E-state index contributed by atoms with van der Waals surface area (Å²) in [5.41, 5.74) is 0. The molecular formula is C18H23FN2O3. The van der Waals surface area contributed by atoms with Gasteiger partial charge in [-0.25, -0.2) is 4.39 Å². The average Bonchev–Trinajstić information content (AvgIpc) is 2.51. The third-order valence-electron chi connectivity index (χ3n) is 4.83. The lowest BCUT2D eigenvalue weighted by molar-refractivity contribution is -0.134. The van der Waals surface area contributed by atoms with Crippen LogP contribution in [0.3, 0.4) is 0 Å². The van der Waals surface area contributed by atoms with Gasteiger partial charge < -0.3 is 15.0 Å². The van der Waals surface area contributed by atoms with Gasteiger partial charge in [-0.1, -0.05) is 12.5 Å². The van der Waals surface area contributed by atoms with Crippen molar-refractivity contribution in [3.63, 3.8) is 0 Å². The standard InChI is InChI=1S/C18H23FN2O3/c19-14-5-2-6-16(11-14)24-12-17(22)21-9-7-15(8-10-21)20-18(23)13-3-1-4-13/h2,5-6,11,13,15H,1,3-4,7-10,12H2,(H,20,23). The Bertz CT molecular complexity index is 596. The van der Waals surface area contributed by atoms with E-state index in [0.717, 1.165) is 32.1 Å². The van der Waals surface area contributed by atoms with Gasteiger partial charge in [0.1, 0.15) is 11.6 Å². The lowest BCUT2D eigenvalue weighted by atomic mass is 9.84. The topological polar surface area (TPSA) is 58.6 Å². The molecule has 1 aromatic rings. The fraction of sp³-hybridized carbons (Fsp3) is 0.556. The minimum absolute atomic E-state index is 0.0947. The number of carbonyl (C=O) groups is 2. The van der Waals surface area contributed by atoms with Crippen LogP contribution < -0.4 is 10.1 Å². The number of nitrogens with zero attached hydrogens (tertiary/aromatic N) is 1. The Morgan fingerprint density at radius 3 is 2.58 bits per heavy atom. The van der Waals surface area contributed by atoms with E-state index in [-0.39, 0.29) is 36.2 Å². The second-order valence-electron chi connectivity index (χ2n) is 6.54. The summed E-state index contributed by atoms with van der Waals surface area (Å²) in [7, 11) is 0. The third kappa shape index (κ3) is 4.24. The van der Waals surface area contributed by atoms with Crippen molar-refractivity contribution >= 4 is 11.8 Å². The van der Waals surface area contributed by atoms with Gasteiger partial charge in [0.2, 0.25) is 5.91 Å². The Kier molecular flexibility index (Phi) is 5.33. The fourth-order valence-corrected chi connectivity index (χ4v) is 3.06. The fourth-order valence-electron chi connectivity index (χ4n) is 3.06. The average molecular weight is 334 g/mol. The minimum Gasteiger partial charge on any atom is -0.484 e. The molecule has 130 valence electrons. The zero-order valence-corrected chi connectivity index (χ0v) is 13.7. The van der Waals surface area contributed by atoms with Crippen LogP contribution in [0, 0.1) is 11.7 Å². The molecule has 1 aromatic carbocycles. The largest absolute Gasteiger partial charge is 0.484 e. The number of hydrogen-bond donors (Lipinski definition) is 1. The molecule has 0 atom stereocenters. The Balaban J connectivity index is 1.39. The second kappa shape index (κ2) is 7.64. The maximum atomic E-state index is 13.1. The van der Waals surface area contributed by atoms with E-state index in [1.54, 1.807) is 17.0 Å². The molecule has 1 saturated carbocycles. The molecule has 24 heavy (non-hydrogen) atoms. The van der Waals surface area contributed by atoms with Gasteiger partial charge in [0.15, 0.2) is 6.61 Å². The van der Waals surface area contributed by atoms with Crippen LogP contribution in [0.5, 0.6) is 5.75 Å². The predicted octanol–water partition coefficient (Wildman–Crippen LogP) is 2.11. The first-order valence-electron chi connectivity index (χ1n) is 8.58. The van der Waals surface area contributed by atoms with Crippen molar-refractivity contribution in [1.29, 1.82) is 0 Å². The van der Waals surface area contributed by atoms with Gasteiger partial charge in [-0.3, -0.25) is 9.59 Å². The molecule has 0 aromatic heterocycles. The van der Waals surface area contributed by atoms with Gasteiger partial charge in [0.25, 0.3) is 5.91 Å². The lowest BCUT2D eigenvalue weighted by Crippen LogP contribution is -2.49. The van der Waals surface area contributed by atoms with Crippen molar-refractivity contribution < 1.29 is 18.7 Å². The molecule has 1 saturated heterocycles. The molecule has 1 N–H and O–H groups in total. The smallest absolute Gasteiger partial charge is 0.260 e. The van der Waals surface area contributed by atoms with Gasteiger partial charge >= 0.3 is 0 Å². The highest BCUT2D eigenvalue weighted by molar-refractivity contribution is 5.80. The van der Waals surface area contributed by atoms with Gasteiger partial charge in [-0.05, 0) is 37.8 Å². The highest BCUT2D eigenvalue weighted by Gasteiger charge is 2.29. The summed E-state index contributed by atoms with van der Waals surface area (Å²) in [6.45, 7) is 1.13. The number of rotatable bonds is 5.